The van der Waals surface area contributed by atoms with Crippen LogP contribution in [0.25, 0.3) is 0 Å². The molecular formula is C13H21NO4S3. The molecule has 1 saturated heterocycles. The molecule has 0 aliphatic carbocycles. The van der Waals surface area contributed by atoms with Crippen LogP contribution in [0.5, 0.6) is 0 Å². The lowest BCUT2D eigenvalue weighted by molar-refractivity contribution is 0.259. The summed E-state index contributed by atoms with van der Waals surface area (Å²) in [7, 11) is -5.08. The van der Waals surface area contributed by atoms with Crippen LogP contribution in [0.1, 0.15) is 19.8 Å². The largest absolute Gasteiger partial charge is 0.301 e. The Balaban J connectivity index is 2.31. The molecule has 0 N–H and O–H groups in total. The van der Waals surface area contributed by atoms with Gasteiger partial charge >= 0.3 is 0 Å². The van der Waals surface area contributed by atoms with E-state index in [0.717, 1.165) is 24.2 Å². The molecule has 1 aromatic rings. The van der Waals surface area contributed by atoms with Crippen molar-refractivity contribution in [2.45, 2.75) is 35.3 Å². The fourth-order valence-corrected chi connectivity index (χ4v) is 8.79. The topological polar surface area (TPSA) is 71.5 Å². The first kappa shape index (κ1) is 16.9. The Bertz CT molecular complexity index is 664. The van der Waals surface area contributed by atoms with E-state index in [4.69, 9.17) is 0 Å². The zero-order chi connectivity index (χ0) is 15.7. The number of hydrogen-bond acceptors (Lipinski definition) is 6. The Labute approximate surface area is 130 Å². The monoisotopic (exact) mass is 351 g/mol. The molecule has 1 aromatic heterocycles. The van der Waals surface area contributed by atoms with Crippen LogP contribution in [0.3, 0.4) is 0 Å². The van der Waals surface area contributed by atoms with Gasteiger partial charge in [0.15, 0.2) is 19.7 Å². The van der Waals surface area contributed by atoms with E-state index in [1.165, 1.54) is 0 Å². The minimum atomic E-state index is -3.59. The molecule has 1 fully saturated rings. The number of unbranched alkanes of at least 4 members (excludes halogenated alkanes) is 1. The molecule has 2 rings (SSSR count). The number of hydrogen-bond donors (Lipinski definition) is 0. The molecule has 0 aromatic carbocycles. The van der Waals surface area contributed by atoms with Crippen LogP contribution in [0.15, 0.2) is 21.7 Å². The highest BCUT2D eigenvalue weighted by Crippen LogP contribution is 2.30. The molecule has 2 unspecified atom stereocenters. The van der Waals surface area contributed by atoms with Crippen molar-refractivity contribution in [1.82, 2.24) is 4.90 Å². The highest BCUT2D eigenvalue weighted by Gasteiger charge is 2.47. The molecule has 1 aliphatic rings. The van der Waals surface area contributed by atoms with E-state index >= 15 is 0 Å². The Morgan fingerprint density at radius 3 is 2.67 bits per heavy atom. The van der Waals surface area contributed by atoms with Crippen molar-refractivity contribution in [3.05, 3.63) is 17.5 Å². The van der Waals surface area contributed by atoms with Crippen LogP contribution in [-0.2, 0) is 19.7 Å². The van der Waals surface area contributed by atoms with Crippen molar-refractivity contribution in [2.24, 2.45) is 0 Å². The van der Waals surface area contributed by atoms with E-state index in [9.17, 15) is 16.8 Å². The molecule has 0 bridgehead atoms. The average molecular weight is 352 g/mol. The lowest BCUT2D eigenvalue weighted by Crippen LogP contribution is -2.44. The molecule has 2 atom stereocenters. The first-order valence-corrected chi connectivity index (χ1v) is 11.2. The summed E-state index contributed by atoms with van der Waals surface area (Å²) in [5, 5.41) is 0.842. The van der Waals surface area contributed by atoms with Gasteiger partial charge in [0, 0.05) is 6.04 Å². The Morgan fingerprint density at radius 1 is 1.38 bits per heavy atom. The second-order valence-electron chi connectivity index (χ2n) is 5.49. The standard InChI is InChI=1S/C13H21NO4S3/c1-3-4-7-14(2)11-9-20(15,16)10-12(11)21(17,18)13-6-5-8-19-13/h5-6,8,11-12H,3-4,7,9-10H2,1-2H3. The summed E-state index contributed by atoms with van der Waals surface area (Å²) in [5.74, 6) is -0.336. The molecule has 0 saturated carbocycles. The Morgan fingerprint density at radius 2 is 2.10 bits per heavy atom. The van der Waals surface area contributed by atoms with Gasteiger partial charge in [0.25, 0.3) is 0 Å². The van der Waals surface area contributed by atoms with E-state index in [2.05, 4.69) is 6.92 Å². The average Bonchev–Trinajstić information content (AvgIpc) is 3.03. The van der Waals surface area contributed by atoms with Gasteiger partial charge in [0.05, 0.1) is 16.8 Å². The van der Waals surface area contributed by atoms with Crippen LogP contribution >= 0.6 is 11.3 Å². The summed E-state index contributed by atoms with van der Waals surface area (Å²) in [6.07, 6.45) is 1.92. The fourth-order valence-electron chi connectivity index (χ4n) is 2.65. The lowest BCUT2D eigenvalue weighted by atomic mass is 10.2. The molecule has 120 valence electrons. The van der Waals surface area contributed by atoms with Gasteiger partial charge in [-0.1, -0.05) is 19.4 Å². The minimum absolute atomic E-state index is 0.0670. The van der Waals surface area contributed by atoms with E-state index in [0.29, 0.717) is 6.54 Å². The maximum absolute atomic E-state index is 12.7. The van der Waals surface area contributed by atoms with Crippen LogP contribution in [-0.4, -0.2) is 58.1 Å². The van der Waals surface area contributed by atoms with Gasteiger partial charge < -0.3 is 4.90 Å². The number of rotatable bonds is 6. The number of sulfone groups is 2. The van der Waals surface area contributed by atoms with Gasteiger partial charge in [-0.25, -0.2) is 16.8 Å². The lowest BCUT2D eigenvalue weighted by Gasteiger charge is -2.27. The van der Waals surface area contributed by atoms with Crippen LogP contribution in [0.2, 0.25) is 0 Å². The smallest absolute Gasteiger partial charge is 0.193 e. The van der Waals surface area contributed by atoms with E-state index < -0.39 is 31.0 Å². The molecule has 21 heavy (non-hydrogen) atoms. The molecule has 0 amide bonds. The van der Waals surface area contributed by atoms with E-state index in [1.54, 1.807) is 17.5 Å². The number of nitrogens with zero attached hydrogens (tertiary/aromatic N) is 1. The van der Waals surface area contributed by atoms with E-state index in [1.807, 2.05) is 11.9 Å². The molecule has 0 spiro atoms. The summed E-state index contributed by atoms with van der Waals surface area (Å²) in [5.41, 5.74) is 0. The Hall–Kier alpha value is -0.440. The third-order valence-corrected chi connectivity index (χ3v) is 9.43. The minimum Gasteiger partial charge on any atom is -0.301 e. The number of thiophene rings is 1. The normalized spacial score (nSPS) is 25.5. The van der Waals surface area contributed by atoms with Gasteiger partial charge in [-0.3, -0.25) is 0 Å². The molecule has 0 radical (unpaired) electrons. The fraction of sp³-hybridized carbons (Fsp3) is 0.692. The first-order chi connectivity index (χ1) is 9.78. The highest BCUT2D eigenvalue weighted by atomic mass is 32.2. The molecular weight excluding hydrogens is 330 g/mol. The quantitative estimate of drug-likeness (QED) is 0.775. The maximum atomic E-state index is 12.7. The zero-order valence-electron chi connectivity index (χ0n) is 12.2. The zero-order valence-corrected chi connectivity index (χ0v) is 14.7. The third kappa shape index (κ3) is 3.67. The second-order valence-corrected chi connectivity index (χ2v) is 11.0. The van der Waals surface area contributed by atoms with Crippen molar-refractivity contribution in [3.8, 4) is 0 Å². The summed E-state index contributed by atoms with van der Waals surface area (Å²) in [6.45, 7) is 2.77. The molecule has 2 heterocycles. The highest BCUT2D eigenvalue weighted by molar-refractivity contribution is 7.97. The van der Waals surface area contributed by atoms with Gasteiger partial charge in [-0.15, -0.1) is 11.3 Å². The summed E-state index contributed by atoms with van der Waals surface area (Å²) < 4.78 is 49.6. The van der Waals surface area contributed by atoms with Crippen LogP contribution in [0.4, 0.5) is 0 Å². The summed E-state index contributed by atoms with van der Waals surface area (Å²) in [4.78, 5) is 1.89. The van der Waals surface area contributed by atoms with Crippen molar-refractivity contribution in [3.63, 3.8) is 0 Å². The maximum Gasteiger partial charge on any atom is 0.193 e. The van der Waals surface area contributed by atoms with Crippen LogP contribution in [0, 0.1) is 0 Å². The summed E-state index contributed by atoms with van der Waals surface area (Å²) >= 11 is 1.15. The van der Waals surface area contributed by atoms with Gasteiger partial charge in [0.2, 0.25) is 0 Å². The van der Waals surface area contributed by atoms with E-state index in [-0.39, 0.29) is 15.7 Å². The van der Waals surface area contributed by atoms with Crippen molar-refractivity contribution < 1.29 is 16.8 Å². The second kappa shape index (κ2) is 6.36. The predicted octanol–water partition coefficient (Wildman–Crippen LogP) is 1.42. The van der Waals surface area contributed by atoms with Crippen LogP contribution < -0.4 is 0 Å². The van der Waals surface area contributed by atoms with Gasteiger partial charge in [0.1, 0.15) is 4.21 Å². The van der Waals surface area contributed by atoms with Crippen molar-refractivity contribution in [2.75, 3.05) is 25.1 Å². The predicted molar refractivity (Wildman–Crippen MR) is 85.3 cm³/mol. The van der Waals surface area contributed by atoms with Crippen molar-refractivity contribution >= 4 is 31.0 Å². The SMILES string of the molecule is CCCCN(C)C1CS(=O)(=O)CC1S(=O)(=O)c1cccs1. The molecule has 8 heteroatoms. The third-order valence-electron chi connectivity index (χ3n) is 3.88. The van der Waals surface area contributed by atoms with Gasteiger partial charge in [-0.2, -0.15) is 0 Å². The summed E-state index contributed by atoms with van der Waals surface area (Å²) in [6, 6.07) is 2.78. The first-order valence-electron chi connectivity index (χ1n) is 6.96. The molecule has 5 nitrogen and oxygen atoms in total. The van der Waals surface area contributed by atoms with Gasteiger partial charge in [-0.05, 0) is 31.5 Å². The molecule has 1 aliphatic heterocycles. The van der Waals surface area contributed by atoms with Crippen molar-refractivity contribution in [1.29, 1.82) is 0 Å². The Kier molecular flexibility index (Phi) is 5.12.